The molecule has 5 aromatic carbocycles. The minimum absolute atomic E-state index is 0.0574. The predicted octanol–water partition coefficient (Wildman–Crippen LogP) is 10.4. The second-order valence-electron chi connectivity index (χ2n) is 15.6. The number of likely N-dealkylation sites (tertiary alicyclic amines) is 1. The molecule has 0 saturated carbocycles. The molecule has 2 heterocycles. The Kier molecular flexibility index (Phi) is 16.0. The number of benzene rings is 5. The lowest BCUT2D eigenvalue weighted by Crippen LogP contribution is -2.58. The van der Waals surface area contributed by atoms with Crippen molar-refractivity contribution >= 4 is 47.0 Å². The molecule has 12 heteroatoms. The average molecular weight is 884 g/mol. The van der Waals surface area contributed by atoms with Crippen LogP contribution in [0.25, 0.3) is 11.1 Å². The molecule has 2 aliphatic heterocycles. The van der Waals surface area contributed by atoms with Crippen LogP contribution in [-0.2, 0) is 35.7 Å². The third kappa shape index (κ3) is 12.5. The van der Waals surface area contributed by atoms with Gasteiger partial charge in [0.05, 0.1) is 0 Å². The van der Waals surface area contributed by atoms with Crippen LogP contribution in [-0.4, -0.2) is 84.3 Å². The van der Waals surface area contributed by atoms with Gasteiger partial charge in [0, 0.05) is 59.8 Å². The van der Waals surface area contributed by atoms with Crippen LogP contribution < -0.4 is 10.1 Å². The zero-order valence-electron chi connectivity index (χ0n) is 34.5. The Morgan fingerprint density at radius 2 is 1.48 bits per heavy atom. The van der Waals surface area contributed by atoms with E-state index in [0.717, 1.165) is 88.7 Å². The summed E-state index contributed by atoms with van der Waals surface area (Å²) in [6.45, 7) is 8.13. The first-order valence-electron chi connectivity index (χ1n) is 21.1. The number of piperidine rings is 1. The fourth-order valence-electron chi connectivity index (χ4n) is 8.15. The van der Waals surface area contributed by atoms with Gasteiger partial charge in [0.25, 0.3) is 0 Å². The molecule has 1 atom stereocenters. The first kappa shape index (κ1) is 44.5. The quantitative estimate of drug-likeness (QED) is 0.0990. The lowest BCUT2D eigenvalue weighted by atomic mass is 9.88. The number of alkyl carbamates (subject to hydrolysis) is 1. The number of amides is 2. The Balaban J connectivity index is 0.979. The number of rotatable bonds is 16. The maximum atomic E-state index is 14.4. The molecule has 320 valence electrons. The van der Waals surface area contributed by atoms with E-state index in [-0.39, 0.29) is 24.2 Å². The average Bonchev–Trinajstić information content (AvgIpc) is 3.28. The summed E-state index contributed by atoms with van der Waals surface area (Å²) in [7, 11) is 0. The number of carbonyl (C=O) groups is 2. The van der Waals surface area contributed by atoms with E-state index in [0.29, 0.717) is 49.4 Å². The summed E-state index contributed by atoms with van der Waals surface area (Å²) in [5.41, 5.74) is 6.04. The van der Waals surface area contributed by atoms with Crippen LogP contribution in [0.4, 0.5) is 9.18 Å². The number of hydrogen-bond acceptors (Lipinski definition) is 7. The molecule has 0 unspecified atom stereocenters. The predicted molar refractivity (Wildman–Crippen MR) is 244 cm³/mol. The number of carbonyl (C=O) groups excluding carboxylic acids is 2. The summed E-state index contributed by atoms with van der Waals surface area (Å²) < 4.78 is 25.8. The van der Waals surface area contributed by atoms with E-state index in [1.54, 1.807) is 17.8 Å². The van der Waals surface area contributed by atoms with Gasteiger partial charge in [0.2, 0.25) is 5.91 Å². The summed E-state index contributed by atoms with van der Waals surface area (Å²) in [4.78, 5) is 35.2. The normalized spacial score (nSPS) is 15.6. The Morgan fingerprint density at radius 1 is 0.770 bits per heavy atom. The maximum Gasteiger partial charge on any atom is 0.408 e. The highest BCUT2D eigenvalue weighted by Gasteiger charge is 2.37. The molecule has 0 radical (unpaired) electrons. The Labute approximate surface area is 373 Å². The van der Waals surface area contributed by atoms with Crippen molar-refractivity contribution in [1.29, 1.82) is 0 Å². The zero-order chi connectivity index (χ0) is 42.6. The first-order valence-corrected chi connectivity index (χ1v) is 22.8. The van der Waals surface area contributed by atoms with Crippen LogP contribution >= 0.6 is 35.0 Å². The first-order chi connectivity index (χ1) is 29.7. The maximum absolute atomic E-state index is 14.4. The SMILES string of the molecule is CCSc1cc(F)ccc1CN1CCN(C(=O)[C@H](NC(=O)OCc2ccccc2)C2CCN(CCc3cc(Cl)ccc3-c3cc(OCc4ccccc4)ccc3Cl)CC2)CC1. The molecule has 61 heavy (non-hydrogen) atoms. The number of hydrogen-bond donors (Lipinski definition) is 1. The Morgan fingerprint density at radius 3 is 2.18 bits per heavy atom. The highest BCUT2D eigenvalue weighted by Crippen LogP contribution is 2.36. The lowest BCUT2D eigenvalue weighted by Gasteiger charge is -2.40. The van der Waals surface area contributed by atoms with Gasteiger partial charge in [-0.25, -0.2) is 9.18 Å². The second-order valence-corrected chi connectivity index (χ2v) is 17.8. The molecular formula is C49H53Cl2FN4O4S. The molecule has 2 amide bonds. The summed E-state index contributed by atoms with van der Waals surface area (Å²) in [6, 6.07) is 35.6. The summed E-state index contributed by atoms with van der Waals surface area (Å²) in [5.74, 6) is 1.23. The van der Waals surface area contributed by atoms with E-state index in [1.807, 2.05) is 108 Å². The molecule has 2 aliphatic rings. The lowest BCUT2D eigenvalue weighted by molar-refractivity contribution is -0.137. The molecule has 0 aliphatic carbocycles. The van der Waals surface area contributed by atoms with Gasteiger partial charge in [-0.15, -0.1) is 11.8 Å². The van der Waals surface area contributed by atoms with E-state index in [1.165, 1.54) is 6.07 Å². The van der Waals surface area contributed by atoms with Gasteiger partial charge in [-0.1, -0.05) is 103 Å². The highest BCUT2D eigenvalue weighted by molar-refractivity contribution is 7.99. The topological polar surface area (TPSA) is 74.3 Å². The molecule has 5 aromatic rings. The molecular weight excluding hydrogens is 831 g/mol. The minimum atomic E-state index is -0.709. The van der Waals surface area contributed by atoms with Gasteiger partial charge in [-0.05, 0) is 114 Å². The van der Waals surface area contributed by atoms with Crippen molar-refractivity contribution in [2.24, 2.45) is 5.92 Å². The molecule has 0 bridgehead atoms. The third-order valence-corrected chi connectivity index (χ3v) is 13.0. The number of halogens is 3. The largest absolute Gasteiger partial charge is 0.489 e. The van der Waals surface area contributed by atoms with Crippen molar-refractivity contribution in [3.8, 4) is 16.9 Å². The molecule has 2 saturated heterocycles. The Hall–Kier alpha value is -4.58. The summed E-state index contributed by atoms with van der Waals surface area (Å²) in [5, 5.41) is 4.30. The number of thioether (sulfide) groups is 1. The van der Waals surface area contributed by atoms with E-state index in [2.05, 4.69) is 22.0 Å². The van der Waals surface area contributed by atoms with Crippen molar-refractivity contribution < 1.29 is 23.5 Å². The third-order valence-electron chi connectivity index (χ3n) is 11.5. The van der Waals surface area contributed by atoms with Crippen LogP contribution in [0.1, 0.15) is 42.0 Å². The molecule has 8 nitrogen and oxygen atoms in total. The van der Waals surface area contributed by atoms with Gasteiger partial charge in [-0.3, -0.25) is 9.69 Å². The van der Waals surface area contributed by atoms with Crippen molar-refractivity contribution in [1.82, 2.24) is 20.0 Å². The molecule has 0 spiro atoms. The van der Waals surface area contributed by atoms with E-state index in [9.17, 15) is 14.0 Å². The van der Waals surface area contributed by atoms with Gasteiger partial charge in [0.15, 0.2) is 0 Å². The fourth-order valence-corrected chi connectivity index (χ4v) is 9.39. The van der Waals surface area contributed by atoms with Crippen molar-refractivity contribution in [2.45, 2.75) is 56.9 Å². The highest BCUT2D eigenvalue weighted by atomic mass is 35.5. The van der Waals surface area contributed by atoms with Crippen molar-refractivity contribution in [2.75, 3.05) is 51.6 Å². The summed E-state index contributed by atoms with van der Waals surface area (Å²) in [6.07, 6.45) is 1.64. The number of piperazine rings is 1. The van der Waals surface area contributed by atoms with Crippen LogP contribution in [0.5, 0.6) is 5.75 Å². The molecule has 2 fully saturated rings. The van der Waals surface area contributed by atoms with Gasteiger partial charge >= 0.3 is 6.09 Å². The van der Waals surface area contributed by atoms with Crippen LogP contribution in [0.15, 0.2) is 120 Å². The Bertz CT molecular complexity index is 2220. The van der Waals surface area contributed by atoms with E-state index >= 15 is 0 Å². The van der Waals surface area contributed by atoms with Gasteiger partial charge < -0.3 is 24.6 Å². The standard InChI is InChI=1S/C49H53Cl2FN4O4S/c1-2-61-46-30-41(52)15-13-39(46)32-55-25-27-56(28-26-55)48(57)47(53-49(58)60-34-36-11-7-4-8-12-36)37-19-22-54(23-20-37)24-21-38-29-40(50)14-17-43(38)44-31-42(16-18-45(44)51)59-33-35-9-5-3-6-10-35/h3-18,29-31,37,47H,2,19-28,32-34H2,1H3,(H,53,58)/t47-/m1/s1. The molecule has 7 rings (SSSR count). The smallest absolute Gasteiger partial charge is 0.408 e. The molecule has 0 aromatic heterocycles. The van der Waals surface area contributed by atoms with Crippen molar-refractivity contribution in [3.63, 3.8) is 0 Å². The zero-order valence-corrected chi connectivity index (χ0v) is 36.9. The van der Waals surface area contributed by atoms with E-state index < -0.39 is 12.1 Å². The molecule has 1 N–H and O–H groups in total. The number of nitrogens with zero attached hydrogens (tertiary/aromatic N) is 3. The second kappa shape index (κ2) is 22.0. The van der Waals surface area contributed by atoms with Gasteiger partial charge in [-0.2, -0.15) is 0 Å². The number of nitrogens with one attached hydrogen (secondary N) is 1. The van der Waals surface area contributed by atoms with E-state index in [4.69, 9.17) is 32.7 Å². The number of ether oxygens (including phenoxy) is 2. The monoisotopic (exact) mass is 882 g/mol. The van der Waals surface area contributed by atoms with Crippen molar-refractivity contribution in [3.05, 3.63) is 153 Å². The minimum Gasteiger partial charge on any atom is -0.489 e. The van der Waals surface area contributed by atoms with Crippen LogP contribution in [0, 0.1) is 11.7 Å². The van der Waals surface area contributed by atoms with Crippen LogP contribution in [0.3, 0.4) is 0 Å². The van der Waals surface area contributed by atoms with Crippen LogP contribution in [0.2, 0.25) is 10.0 Å². The summed E-state index contributed by atoms with van der Waals surface area (Å²) >= 11 is 15.0. The fraction of sp³-hybridized carbons (Fsp3) is 0.347. The van der Waals surface area contributed by atoms with Gasteiger partial charge in [0.1, 0.15) is 30.8 Å².